The third-order valence-corrected chi connectivity index (χ3v) is 5.05. The molecule has 1 aromatic carbocycles. The van der Waals surface area contributed by atoms with Crippen molar-refractivity contribution < 1.29 is 28.8 Å². The SMILES string of the molecule is CCOC(=O)[C@@H](C)N1C(=O)S/C(=C/c2ccc(Oc3ccc([N+](=O)[O-])cn3)cc2)C1=O. The molecule has 1 aliphatic rings. The number of esters is 1. The average molecular weight is 443 g/mol. The first-order valence-electron chi connectivity index (χ1n) is 9.12. The Bertz CT molecular complexity index is 1050. The molecule has 0 spiro atoms. The van der Waals surface area contributed by atoms with Crippen molar-refractivity contribution in [3.05, 3.63) is 63.2 Å². The number of hydrogen-bond donors (Lipinski definition) is 0. The number of thioether (sulfide) groups is 1. The number of carbonyl (C=O) groups excluding carboxylic acids is 3. The molecule has 1 atom stereocenters. The predicted octanol–water partition coefficient (Wildman–Crippen LogP) is 3.77. The van der Waals surface area contributed by atoms with Crippen molar-refractivity contribution in [2.45, 2.75) is 19.9 Å². The third-order valence-electron chi connectivity index (χ3n) is 4.17. The normalized spacial score (nSPS) is 15.8. The van der Waals surface area contributed by atoms with Crippen LogP contribution in [0, 0.1) is 10.1 Å². The lowest BCUT2D eigenvalue weighted by Crippen LogP contribution is -2.42. The van der Waals surface area contributed by atoms with E-state index >= 15 is 0 Å². The number of carbonyl (C=O) groups is 3. The number of amides is 2. The van der Waals surface area contributed by atoms with Gasteiger partial charge in [-0.15, -0.1) is 0 Å². The van der Waals surface area contributed by atoms with Crippen molar-refractivity contribution in [3.8, 4) is 11.6 Å². The van der Waals surface area contributed by atoms with Crippen LogP contribution in [0.2, 0.25) is 0 Å². The molecular formula is C20H17N3O7S. The standard InChI is InChI=1S/C20H17N3O7S/c1-3-29-19(25)12(2)22-18(24)16(31-20(22)26)10-13-4-7-15(8-5-13)30-17-9-6-14(11-21-17)23(27)28/h4-12H,3H2,1-2H3/b16-10+/t12-/m1/s1. The second-order valence-corrected chi connectivity index (χ2v) is 7.26. The first-order chi connectivity index (χ1) is 14.8. The van der Waals surface area contributed by atoms with Crippen molar-refractivity contribution in [2.24, 2.45) is 0 Å². The number of aromatic nitrogens is 1. The van der Waals surface area contributed by atoms with Crippen molar-refractivity contribution >= 4 is 40.6 Å². The van der Waals surface area contributed by atoms with E-state index in [1.807, 2.05) is 0 Å². The molecule has 0 radical (unpaired) electrons. The number of nitrogens with zero attached hydrogens (tertiary/aromatic N) is 3. The minimum Gasteiger partial charge on any atom is -0.464 e. The number of nitro groups is 1. The summed E-state index contributed by atoms with van der Waals surface area (Å²) in [6.07, 6.45) is 2.63. The lowest BCUT2D eigenvalue weighted by molar-refractivity contribution is -0.385. The summed E-state index contributed by atoms with van der Waals surface area (Å²) in [5, 5.41) is 10.1. The Hall–Kier alpha value is -3.73. The summed E-state index contributed by atoms with van der Waals surface area (Å²) >= 11 is 0.745. The summed E-state index contributed by atoms with van der Waals surface area (Å²) in [5.74, 6) is -0.590. The highest BCUT2D eigenvalue weighted by molar-refractivity contribution is 8.18. The molecule has 1 saturated heterocycles. The minimum absolute atomic E-state index is 0.145. The van der Waals surface area contributed by atoms with Crippen LogP contribution in [0.5, 0.6) is 11.6 Å². The van der Waals surface area contributed by atoms with Gasteiger partial charge in [0.05, 0.1) is 16.4 Å². The van der Waals surface area contributed by atoms with E-state index in [9.17, 15) is 24.5 Å². The van der Waals surface area contributed by atoms with Crippen molar-refractivity contribution in [1.29, 1.82) is 0 Å². The molecule has 0 saturated carbocycles. The monoisotopic (exact) mass is 443 g/mol. The zero-order valence-electron chi connectivity index (χ0n) is 16.5. The Morgan fingerprint density at radius 1 is 1.26 bits per heavy atom. The molecule has 0 bridgehead atoms. The van der Waals surface area contributed by atoms with Crippen LogP contribution in [0.4, 0.5) is 10.5 Å². The van der Waals surface area contributed by atoms with Crippen LogP contribution in [-0.4, -0.2) is 44.6 Å². The maximum Gasteiger partial charge on any atom is 0.329 e. The Morgan fingerprint density at radius 3 is 2.55 bits per heavy atom. The fraction of sp³-hybridized carbons (Fsp3) is 0.200. The number of imide groups is 1. The quantitative estimate of drug-likeness (QED) is 0.272. The number of rotatable bonds is 7. The number of pyridine rings is 1. The summed E-state index contributed by atoms with van der Waals surface area (Å²) < 4.78 is 10.4. The highest BCUT2D eigenvalue weighted by atomic mass is 32.2. The van der Waals surface area contributed by atoms with Crippen LogP contribution < -0.4 is 4.74 Å². The van der Waals surface area contributed by atoms with Crippen molar-refractivity contribution in [2.75, 3.05) is 6.61 Å². The van der Waals surface area contributed by atoms with E-state index in [1.165, 1.54) is 25.1 Å². The van der Waals surface area contributed by atoms with Gasteiger partial charge >= 0.3 is 5.97 Å². The fourth-order valence-electron chi connectivity index (χ4n) is 2.63. The van der Waals surface area contributed by atoms with Gasteiger partial charge in [-0.05, 0) is 49.4 Å². The summed E-state index contributed by atoms with van der Waals surface area (Å²) in [7, 11) is 0. The van der Waals surface area contributed by atoms with Crippen LogP contribution in [0.1, 0.15) is 19.4 Å². The Labute approximate surface area is 181 Å². The highest BCUT2D eigenvalue weighted by Crippen LogP contribution is 2.34. The molecule has 1 fully saturated rings. The van der Waals surface area contributed by atoms with E-state index in [1.54, 1.807) is 31.2 Å². The summed E-state index contributed by atoms with van der Waals surface area (Å²) in [6, 6.07) is 8.24. The zero-order chi connectivity index (χ0) is 22.5. The van der Waals surface area contributed by atoms with Crippen molar-refractivity contribution in [3.63, 3.8) is 0 Å². The molecule has 0 aliphatic carbocycles. The van der Waals surface area contributed by atoms with Gasteiger partial charge in [0.2, 0.25) is 5.88 Å². The van der Waals surface area contributed by atoms with Gasteiger partial charge in [0.25, 0.3) is 16.8 Å². The van der Waals surface area contributed by atoms with Gasteiger partial charge in [-0.25, -0.2) is 9.78 Å². The van der Waals surface area contributed by atoms with Gasteiger partial charge in [0.1, 0.15) is 18.0 Å². The molecule has 160 valence electrons. The second kappa shape index (κ2) is 9.39. The van der Waals surface area contributed by atoms with Crippen LogP contribution >= 0.6 is 11.8 Å². The number of hydrogen-bond acceptors (Lipinski definition) is 9. The van der Waals surface area contributed by atoms with E-state index in [2.05, 4.69) is 4.98 Å². The fourth-order valence-corrected chi connectivity index (χ4v) is 3.54. The van der Waals surface area contributed by atoms with Gasteiger partial charge in [0, 0.05) is 12.1 Å². The minimum atomic E-state index is -1.01. The van der Waals surface area contributed by atoms with Gasteiger partial charge in [-0.3, -0.25) is 24.6 Å². The van der Waals surface area contributed by atoms with Gasteiger partial charge in [-0.1, -0.05) is 12.1 Å². The summed E-state index contributed by atoms with van der Waals surface area (Å²) in [6.45, 7) is 3.23. The molecule has 3 rings (SSSR count). The maximum atomic E-state index is 12.6. The van der Waals surface area contributed by atoms with E-state index in [0.717, 1.165) is 22.9 Å². The largest absolute Gasteiger partial charge is 0.464 e. The van der Waals surface area contributed by atoms with E-state index in [0.29, 0.717) is 11.3 Å². The van der Waals surface area contributed by atoms with Crippen molar-refractivity contribution in [1.82, 2.24) is 9.88 Å². The predicted molar refractivity (Wildman–Crippen MR) is 111 cm³/mol. The molecule has 1 aromatic heterocycles. The maximum absolute atomic E-state index is 12.6. The van der Waals surface area contributed by atoms with Gasteiger partial charge in [0.15, 0.2) is 0 Å². The number of benzene rings is 1. The molecule has 31 heavy (non-hydrogen) atoms. The third kappa shape index (κ3) is 5.07. The zero-order valence-corrected chi connectivity index (χ0v) is 17.3. The van der Waals surface area contributed by atoms with Gasteiger partial charge < -0.3 is 9.47 Å². The molecule has 0 unspecified atom stereocenters. The summed E-state index contributed by atoms with van der Waals surface area (Å²) in [5.41, 5.74) is 0.493. The second-order valence-electron chi connectivity index (χ2n) is 6.26. The van der Waals surface area contributed by atoms with Crippen LogP contribution in [0.25, 0.3) is 6.08 Å². The smallest absolute Gasteiger partial charge is 0.329 e. The molecule has 2 amide bonds. The first kappa shape index (κ1) is 22.0. The first-order valence-corrected chi connectivity index (χ1v) is 9.94. The van der Waals surface area contributed by atoms with Crippen LogP contribution in [-0.2, 0) is 14.3 Å². The van der Waals surface area contributed by atoms with Crippen LogP contribution in [0.15, 0.2) is 47.5 Å². The Kier molecular flexibility index (Phi) is 6.65. The molecule has 2 heterocycles. The van der Waals surface area contributed by atoms with Gasteiger partial charge in [-0.2, -0.15) is 0 Å². The lowest BCUT2D eigenvalue weighted by atomic mass is 10.2. The van der Waals surface area contributed by atoms with E-state index in [4.69, 9.17) is 9.47 Å². The highest BCUT2D eigenvalue weighted by Gasteiger charge is 2.41. The average Bonchev–Trinajstić information content (AvgIpc) is 3.02. The van der Waals surface area contributed by atoms with Crippen LogP contribution in [0.3, 0.4) is 0 Å². The molecule has 0 N–H and O–H groups in total. The summed E-state index contributed by atoms with van der Waals surface area (Å²) in [4.78, 5) is 51.7. The molecular weight excluding hydrogens is 426 g/mol. The Balaban J connectivity index is 1.70. The molecule has 11 heteroatoms. The molecule has 10 nitrogen and oxygen atoms in total. The molecule has 2 aromatic rings. The number of ether oxygens (including phenoxy) is 2. The van der Waals surface area contributed by atoms with E-state index < -0.39 is 28.1 Å². The topological polar surface area (TPSA) is 129 Å². The lowest BCUT2D eigenvalue weighted by Gasteiger charge is -2.19. The Morgan fingerprint density at radius 2 is 1.97 bits per heavy atom. The van der Waals surface area contributed by atoms with E-state index in [-0.39, 0.29) is 23.1 Å². The molecule has 1 aliphatic heterocycles.